The van der Waals surface area contributed by atoms with Gasteiger partial charge in [-0.1, -0.05) is 27.5 Å². The fraction of sp³-hybridized carbons (Fsp3) is 0. The average Bonchev–Trinajstić information content (AvgIpc) is 2.23. The number of halogens is 2. The molecule has 5 heteroatoms. The second-order valence-electron chi connectivity index (χ2n) is 2.93. The summed E-state index contributed by atoms with van der Waals surface area (Å²) in [7, 11) is 0. The highest BCUT2D eigenvalue weighted by Crippen LogP contribution is 2.28. The van der Waals surface area contributed by atoms with E-state index in [1.165, 1.54) is 6.07 Å². The standard InChI is InChI=1S/C10H6BrClN2O/c11-6-1-2-8(12)7(5-6)9-3-4-10(15)14-13-9/h1-5H,(H,14,15). The Labute approximate surface area is 99.2 Å². The second kappa shape index (κ2) is 4.16. The Bertz CT molecular complexity index is 533. The summed E-state index contributed by atoms with van der Waals surface area (Å²) in [4.78, 5) is 10.8. The molecule has 0 aliphatic heterocycles. The lowest BCUT2D eigenvalue weighted by atomic mass is 10.1. The lowest BCUT2D eigenvalue weighted by Gasteiger charge is -2.02. The molecule has 0 saturated heterocycles. The lowest BCUT2D eigenvalue weighted by molar-refractivity contribution is 0.995. The van der Waals surface area contributed by atoms with Crippen molar-refractivity contribution in [3.05, 3.63) is 50.2 Å². The van der Waals surface area contributed by atoms with Crippen molar-refractivity contribution in [3.63, 3.8) is 0 Å². The van der Waals surface area contributed by atoms with Crippen molar-refractivity contribution in [2.45, 2.75) is 0 Å². The molecular weight excluding hydrogens is 279 g/mol. The Morgan fingerprint density at radius 3 is 2.73 bits per heavy atom. The summed E-state index contributed by atoms with van der Waals surface area (Å²) >= 11 is 9.37. The third kappa shape index (κ3) is 2.27. The van der Waals surface area contributed by atoms with E-state index in [1.54, 1.807) is 12.1 Å². The van der Waals surface area contributed by atoms with Gasteiger partial charge in [0.2, 0.25) is 0 Å². The van der Waals surface area contributed by atoms with E-state index < -0.39 is 0 Å². The first-order valence-corrected chi connectivity index (χ1v) is 5.35. The summed E-state index contributed by atoms with van der Waals surface area (Å²) in [5, 5.41) is 6.87. The monoisotopic (exact) mass is 284 g/mol. The molecule has 0 bridgehead atoms. The number of benzene rings is 1. The molecule has 0 aliphatic carbocycles. The Kier molecular flexibility index (Phi) is 2.88. The van der Waals surface area contributed by atoms with Crippen LogP contribution in [0.25, 0.3) is 11.3 Å². The van der Waals surface area contributed by atoms with Gasteiger partial charge >= 0.3 is 0 Å². The van der Waals surface area contributed by atoms with Gasteiger partial charge < -0.3 is 0 Å². The number of H-pyrrole nitrogens is 1. The molecule has 0 aliphatic rings. The van der Waals surface area contributed by atoms with Gasteiger partial charge in [-0.2, -0.15) is 5.10 Å². The highest BCUT2D eigenvalue weighted by atomic mass is 79.9. The molecule has 1 aromatic carbocycles. The average molecular weight is 286 g/mol. The van der Waals surface area contributed by atoms with Gasteiger partial charge in [0.1, 0.15) is 0 Å². The van der Waals surface area contributed by atoms with Crippen molar-refractivity contribution in [1.82, 2.24) is 10.2 Å². The maximum absolute atomic E-state index is 10.8. The summed E-state index contributed by atoms with van der Waals surface area (Å²) < 4.78 is 0.912. The Hall–Kier alpha value is -1.13. The molecule has 0 amide bonds. The minimum absolute atomic E-state index is 0.232. The molecule has 76 valence electrons. The predicted molar refractivity (Wildman–Crippen MR) is 63.0 cm³/mol. The maximum atomic E-state index is 10.8. The predicted octanol–water partition coefficient (Wildman–Crippen LogP) is 2.85. The first kappa shape index (κ1) is 10.4. The van der Waals surface area contributed by atoms with Crippen LogP contribution in [-0.2, 0) is 0 Å². The maximum Gasteiger partial charge on any atom is 0.264 e. The smallest absolute Gasteiger partial charge is 0.264 e. The molecule has 1 aromatic heterocycles. The SMILES string of the molecule is O=c1ccc(-c2cc(Br)ccc2Cl)n[nH]1. The number of rotatable bonds is 1. The van der Waals surface area contributed by atoms with Crippen LogP contribution in [0.2, 0.25) is 5.02 Å². The zero-order valence-corrected chi connectivity index (χ0v) is 9.84. The quantitative estimate of drug-likeness (QED) is 0.876. The molecule has 3 nitrogen and oxygen atoms in total. The molecule has 2 rings (SSSR count). The van der Waals surface area contributed by atoms with Crippen LogP contribution in [-0.4, -0.2) is 10.2 Å². The van der Waals surface area contributed by atoms with Gasteiger partial charge in [0.05, 0.1) is 10.7 Å². The molecule has 2 aromatic rings. The Balaban J connectivity index is 2.58. The molecule has 15 heavy (non-hydrogen) atoms. The van der Waals surface area contributed by atoms with Crippen LogP contribution in [0.4, 0.5) is 0 Å². The summed E-state index contributed by atoms with van der Waals surface area (Å²) in [6.45, 7) is 0. The molecule has 0 fully saturated rings. The summed E-state index contributed by atoms with van der Waals surface area (Å²) in [6, 6.07) is 8.51. The van der Waals surface area contributed by atoms with Crippen LogP contribution in [0.15, 0.2) is 39.6 Å². The van der Waals surface area contributed by atoms with E-state index in [0.717, 1.165) is 10.0 Å². The highest BCUT2D eigenvalue weighted by molar-refractivity contribution is 9.10. The van der Waals surface area contributed by atoms with Crippen molar-refractivity contribution < 1.29 is 0 Å². The lowest BCUT2D eigenvalue weighted by Crippen LogP contribution is -2.05. The first-order valence-electron chi connectivity index (χ1n) is 4.18. The van der Waals surface area contributed by atoms with Crippen LogP contribution < -0.4 is 5.56 Å². The van der Waals surface area contributed by atoms with E-state index in [2.05, 4.69) is 26.1 Å². The van der Waals surface area contributed by atoms with Crippen LogP contribution in [0.5, 0.6) is 0 Å². The molecule has 1 heterocycles. The molecule has 1 N–H and O–H groups in total. The van der Waals surface area contributed by atoms with Crippen molar-refractivity contribution >= 4 is 27.5 Å². The van der Waals surface area contributed by atoms with E-state index in [1.807, 2.05) is 12.1 Å². The van der Waals surface area contributed by atoms with Crippen molar-refractivity contribution in [1.29, 1.82) is 0 Å². The van der Waals surface area contributed by atoms with E-state index in [9.17, 15) is 4.79 Å². The van der Waals surface area contributed by atoms with Gasteiger partial charge in [0.25, 0.3) is 5.56 Å². The number of hydrogen-bond donors (Lipinski definition) is 1. The summed E-state index contributed by atoms with van der Waals surface area (Å²) in [5.41, 5.74) is 1.19. The Morgan fingerprint density at radius 2 is 2.07 bits per heavy atom. The molecule has 0 spiro atoms. The largest absolute Gasteiger partial charge is 0.268 e. The van der Waals surface area contributed by atoms with Gasteiger partial charge in [0, 0.05) is 16.1 Å². The van der Waals surface area contributed by atoms with Gasteiger partial charge in [-0.15, -0.1) is 0 Å². The number of hydrogen-bond acceptors (Lipinski definition) is 2. The zero-order valence-electron chi connectivity index (χ0n) is 7.50. The second-order valence-corrected chi connectivity index (χ2v) is 4.25. The summed E-state index contributed by atoms with van der Waals surface area (Å²) in [6.07, 6.45) is 0. The van der Waals surface area contributed by atoms with Crippen LogP contribution in [0.1, 0.15) is 0 Å². The van der Waals surface area contributed by atoms with E-state index >= 15 is 0 Å². The van der Waals surface area contributed by atoms with Crippen LogP contribution in [0.3, 0.4) is 0 Å². The van der Waals surface area contributed by atoms with Gasteiger partial charge in [0.15, 0.2) is 0 Å². The van der Waals surface area contributed by atoms with Crippen molar-refractivity contribution in [2.75, 3.05) is 0 Å². The number of nitrogens with one attached hydrogen (secondary N) is 1. The minimum Gasteiger partial charge on any atom is -0.268 e. The number of aromatic nitrogens is 2. The Morgan fingerprint density at radius 1 is 1.27 bits per heavy atom. The molecule has 0 unspecified atom stereocenters. The zero-order chi connectivity index (χ0) is 10.8. The van der Waals surface area contributed by atoms with E-state index in [0.29, 0.717) is 10.7 Å². The van der Waals surface area contributed by atoms with E-state index in [-0.39, 0.29) is 5.56 Å². The highest BCUT2D eigenvalue weighted by Gasteiger charge is 2.05. The van der Waals surface area contributed by atoms with Crippen molar-refractivity contribution in [2.24, 2.45) is 0 Å². The molecule has 0 saturated carbocycles. The fourth-order valence-corrected chi connectivity index (χ4v) is 1.76. The molecule has 0 atom stereocenters. The van der Waals surface area contributed by atoms with Crippen LogP contribution in [0, 0.1) is 0 Å². The minimum atomic E-state index is -0.232. The topological polar surface area (TPSA) is 45.8 Å². The van der Waals surface area contributed by atoms with Gasteiger partial charge in [-0.05, 0) is 24.3 Å². The third-order valence-corrected chi connectivity index (χ3v) is 2.71. The fourth-order valence-electron chi connectivity index (χ4n) is 1.19. The van der Waals surface area contributed by atoms with Crippen LogP contribution >= 0.6 is 27.5 Å². The molecular formula is C10H6BrClN2O. The van der Waals surface area contributed by atoms with Gasteiger partial charge in [-0.3, -0.25) is 4.79 Å². The molecule has 0 radical (unpaired) electrons. The van der Waals surface area contributed by atoms with Gasteiger partial charge in [-0.25, -0.2) is 5.10 Å². The number of aromatic amines is 1. The normalized spacial score (nSPS) is 10.3. The summed E-state index contributed by atoms with van der Waals surface area (Å²) in [5.74, 6) is 0. The van der Waals surface area contributed by atoms with E-state index in [4.69, 9.17) is 11.6 Å². The number of nitrogens with zero attached hydrogens (tertiary/aromatic N) is 1. The first-order chi connectivity index (χ1) is 7.16. The third-order valence-electron chi connectivity index (χ3n) is 1.88. The van der Waals surface area contributed by atoms with Crippen molar-refractivity contribution in [3.8, 4) is 11.3 Å².